The largest absolute Gasteiger partial charge is 0.476 e. The minimum atomic E-state index is -1.14. The van der Waals surface area contributed by atoms with Gasteiger partial charge in [0.2, 0.25) is 11.8 Å². The Morgan fingerprint density at radius 1 is 1.23 bits per heavy atom. The molecule has 9 nitrogen and oxygen atoms in total. The lowest BCUT2D eigenvalue weighted by atomic mass is 9.93. The minimum absolute atomic E-state index is 0.0343. The molecule has 1 aromatic rings. The second-order valence-electron chi connectivity index (χ2n) is 10.2. The average Bonchev–Trinajstić information content (AvgIpc) is 3.30. The van der Waals surface area contributed by atoms with E-state index in [1.54, 1.807) is 4.90 Å². The number of carbonyl (C=O) groups excluding carboxylic acids is 2. The van der Waals surface area contributed by atoms with E-state index in [-0.39, 0.29) is 47.8 Å². The topological polar surface area (TPSA) is 123 Å². The number of carbonyl (C=O) groups is 3. The summed E-state index contributed by atoms with van der Waals surface area (Å²) in [6, 6.07) is -1.19. The number of hydrogen-bond acceptors (Lipinski definition) is 7. The van der Waals surface area contributed by atoms with Crippen molar-refractivity contribution in [3.63, 3.8) is 0 Å². The van der Waals surface area contributed by atoms with Crippen molar-refractivity contribution in [2.45, 2.75) is 91.0 Å². The van der Waals surface area contributed by atoms with Gasteiger partial charge in [-0.3, -0.25) is 14.5 Å². The van der Waals surface area contributed by atoms with Crippen molar-refractivity contribution in [1.29, 1.82) is 0 Å². The van der Waals surface area contributed by atoms with Crippen LogP contribution in [0.5, 0.6) is 0 Å². The summed E-state index contributed by atoms with van der Waals surface area (Å²) in [5.74, 6) is -1.46. The molecular formula is C25H42N4O5S. The van der Waals surface area contributed by atoms with E-state index < -0.39 is 18.1 Å². The van der Waals surface area contributed by atoms with Gasteiger partial charge in [0.1, 0.15) is 17.2 Å². The molecule has 1 fully saturated rings. The third-order valence-electron chi connectivity index (χ3n) is 6.71. The highest BCUT2D eigenvalue weighted by atomic mass is 32.1. The van der Waals surface area contributed by atoms with Crippen LogP contribution in [0.4, 0.5) is 0 Å². The molecular weight excluding hydrogens is 468 g/mol. The van der Waals surface area contributed by atoms with E-state index >= 15 is 0 Å². The smallest absolute Gasteiger partial charge is 0.355 e. The molecule has 0 spiro atoms. The van der Waals surface area contributed by atoms with E-state index in [4.69, 9.17) is 5.11 Å². The number of aliphatic hydroxyl groups is 1. The molecule has 2 amide bonds. The van der Waals surface area contributed by atoms with Crippen LogP contribution in [0.15, 0.2) is 5.38 Å². The highest BCUT2D eigenvalue weighted by Gasteiger charge is 2.37. The molecule has 0 bridgehead atoms. The van der Waals surface area contributed by atoms with Gasteiger partial charge in [0.15, 0.2) is 5.69 Å². The van der Waals surface area contributed by atoms with E-state index in [0.29, 0.717) is 11.6 Å². The Balaban J connectivity index is 2.23. The number of carboxylic acids is 1. The lowest BCUT2D eigenvalue weighted by molar-refractivity contribution is -0.142. The number of rotatable bonds is 12. The van der Waals surface area contributed by atoms with Crippen LogP contribution in [0.2, 0.25) is 0 Å². The van der Waals surface area contributed by atoms with E-state index in [9.17, 15) is 19.5 Å². The quantitative estimate of drug-likeness (QED) is 0.395. The summed E-state index contributed by atoms with van der Waals surface area (Å²) in [5, 5.41) is 24.8. The number of piperidine rings is 1. The van der Waals surface area contributed by atoms with E-state index in [1.807, 2.05) is 41.7 Å². The number of hydrogen-bond donors (Lipinski definition) is 3. The number of likely N-dealkylation sites (tertiary alicyclic amines) is 1. The molecule has 0 saturated carbocycles. The Morgan fingerprint density at radius 3 is 2.43 bits per heavy atom. The summed E-state index contributed by atoms with van der Waals surface area (Å²) < 4.78 is 0. The monoisotopic (exact) mass is 510 g/mol. The molecule has 2 unspecified atom stereocenters. The Morgan fingerprint density at radius 2 is 1.91 bits per heavy atom. The van der Waals surface area contributed by atoms with E-state index in [1.165, 1.54) is 5.38 Å². The maximum atomic E-state index is 13.9. The highest BCUT2D eigenvalue weighted by molar-refractivity contribution is 7.09. The number of amides is 2. The summed E-state index contributed by atoms with van der Waals surface area (Å²) >= 11 is 1.10. The van der Waals surface area contributed by atoms with Crippen molar-refractivity contribution < 1.29 is 24.6 Å². The molecule has 1 aliphatic rings. The molecule has 2 rings (SSSR count). The van der Waals surface area contributed by atoms with Crippen LogP contribution in [-0.2, 0) is 9.59 Å². The number of nitrogens with zero attached hydrogens (tertiary/aromatic N) is 3. The van der Waals surface area contributed by atoms with Gasteiger partial charge in [0, 0.05) is 24.4 Å². The maximum Gasteiger partial charge on any atom is 0.355 e. The number of aromatic carboxylic acids is 1. The summed E-state index contributed by atoms with van der Waals surface area (Å²) in [5.41, 5.74) is -0.0955. The molecule has 2 heterocycles. The third-order valence-corrected chi connectivity index (χ3v) is 7.66. The second-order valence-corrected chi connectivity index (χ2v) is 11.1. The van der Waals surface area contributed by atoms with Crippen LogP contribution in [0.1, 0.15) is 88.3 Å². The van der Waals surface area contributed by atoms with Crippen molar-refractivity contribution in [3.05, 3.63) is 16.1 Å². The Hall–Kier alpha value is -2.04. The number of aliphatic hydroxyl groups excluding tert-OH is 1. The van der Waals surface area contributed by atoms with Crippen molar-refractivity contribution in [3.8, 4) is 0 Å². The summed E-state index contributed by atoms with van der Waals surface area (Å²) in [6.45, 7) is 11.2. The van der Waals surface area contributed by atoms with Crippen molar-refractivity contribution in [2.24, 2.45) is 11.8 Å². The standard InChI is InChI=1S/C25H42N4O5S/c1-7-11-29(19(15(2)3)13-20(30)23-26-17(14-35-23)25(33)34)24(32)21(16(4)5)27-22(31)18-10-8-9-12-28(18)6/h14-16,18-21,30H,7-13H2,1-6H3,(H,27,31)(H,33,34)/t18?,19-,20-,21?/m1/s1. The molecule has 3 N–H and O–H groups in total. The van der Waals surface area contributed by atoms with Crippen LogP contribution < -0.4 is 5.32 Å². The van der Waals surface area contributed by atoms with Crippen molar-refractivity contribution in [2.75, 3.05) is 20.1 Å². The van der Waals surface area contributed by atoms with Gasteiger partial charge in [0.25, 0.3) is 0 Å². The van der Waals surface area contributed by atoms with Crippen LogP contribution in [-0.4, -0.2) is 81.0 Å². The first kappa shape index (κ1) is 29.2. The number of likely N-dealkylation sites (N-methyl/N-ethyl adjacent to an activating group) is 1. The van der Waals surface area contributed by atoms with Gasteiger partial charge >= 0.3 is 5.97 Å². The lowest BCUT2D eigenvalue weighted by Crippen LogP contribution is -2.58. The minimum Gasteiger partial charge on any atom is -0.476 e. The number of thiazole rings is 1. The molecule has 0 radical (unpaired) electrons. The molecule has 1 aliphatic heterocycles. The predicted molar refractivity (Wildman–Crippen MR) is 136 cm³/mol. The summed E-state index contributed by atoms with van der Waals surface area (Å²) in [7, 11) is 1.95. The first-order valence-electron chi connectivity index (χ1n) is 12.7. The van der Waals surface area contributed by atoms with Crippen molar-refractivity contribution in [1.82, 2.24) is 20.1 Å². The number of aromatic nitrogens is 1. The third kappa shape index (κ3) is 7.72. The SMILES string of the molecule is CCCN(C(=O)C(NC(=O)C1CCCCN1C)C(C)C)[C@H](C[C@@H](O)c1nc(C(=O)O)cs1)C(C)C. The van der Waals surface area contributed by atoms with Gasteiger partial charge in [-0.2, -0.15) is 0 Å². The molecule has 0 aliphatic carbocycles. The van der Waals surface area contributed by atoms with Gasteiger partial charge in [0.05, 0.1) is 6.04 Å². The van der Waals surface area contributed by atoms with Crippen LogP contribution in [0.3, 0.4) is 0 Å². The lowest BCUT2D eigenvalue weighted by Gasteiger charge is -2.39. The zero-order chi connectivity index (χ0) is 26.3. The summed E-state index contributed by atoms with van der Waals surface area (Å²) in [6.07, 6.45) is 2.83. The van der Waals surface area contributed by atoms with Gasteiger partial charge in [-0.15, -0.1) is 11.3 Å². The van der Waals surface area contributed by atoms with E-state index in [2.05, 4.69) is 15.2 Å². The van der Waals surface area contributed by atoms with Gasteiger partial charge < -0.3 is 20.4 Å². The van der Waals surface area contributed by atoms with E-state index in [0.717, 1.165) is 43.6 Å². The van der Waals surface area contributed by atoms with Crippen LogP contribution in [0.25, 0.3) is 0 Å². The second kappa shape index (κ2) is 13.3. The highest BCUT2D eigenvalue weighted by Crippen LogP contribution is 2.28. The molecule has 0 aromatic carbocycles. The Kier molecular flexibility index (Phi) is 11.1. The fraction of sp³-hybridized carbons (Fsp3) is 0.760. The first-order chi connectivity index (χ1) is 16.5. The molecule has 35 heavy (non-hydrogen) atoms. The normalized spacial score (nSPS) is 19.4. The summed E-state index contributed by atoms with van der Waals surface area (Å²) in [4.78, 5) is 46.0. The Labute approximate surface area is 212 Å². The van der Waals surface area contributed by atoms with Crippen LogP contribution in [0, 0.1) is 11.8 Å². The zero-order valence-corrected chi connectivity index (χ0v) is 22.7. The maximum absolute atomic E-state index is 13.9. The first-order valence-corrected chi connectivity index (χ1v) is 13.5. The average molecular weight is 511 g/mol. The molecule has 1 aromatic heterocycles. The van der Waals surface area contributed by atoms with Gasteiger partial charge in [-0.05, 0) is 44.7 Å². The van der Waals surface area contributed by atoms with Crippen LogP contribution >= 0.6 is 11.3 Å². The fourth-order valence-electron chi connectivity index (χ4n) is 4.66. The molecule has 4 atom stereocenters. The Bertz CT molecular complexity index is 859. The predicted octanol–water partition coefficient (Wildman–Crippen LogP) is 3.15. The fourth-order valence-corrected chi connectivity index (χ4v) is 5.45. The number of carboxylic acid groups (broad SMARTS) is 1. The molecule has 198 valence electrons. The molecule has 1 saturated heterocycles. The van der Waals surface area contributed by atoms with Gasteiger partial charge in [-0.25, -0.2) is 9.78 Å². The van der Waals surface area contributed by atoms with Crippen molar-refractivity contribution >= 4 is 29.1 Å². The molecule has 10 heteroatoms. The zero-order valence-electron chi connectivity index (χ0n) is 21.9. The van der Waals surface area contributed by atoms with Gasteiger partial charge in [-0.1, -0.05) is 41.0 Å². The number of nitrogens with one attached hydrogen (secondary N) is 1.